The molecule has 1 aromatic rings. The molecule has 1 N–H and O–H groups in total. The van der Waals surface area contributed by atoms with Crippen molar-refractivity contribution in [3.8, 4) is 0 Å². The third kappa shape index (κ3) is 4.14. The van der Waals surface area contributed by atoms with E-state index in [0.717, 1.165) is 12.8 Å². The molecule has 2 heteroatoms. The Morgan fingerprint density at radius 2 is 1.76 bits per heavy atom. The molecule has 17 heavy (non-hydrogen) atoms. The molecular weight excluding hydrogens is 212 g/mol. The van der Waals surface area contributed by atoms with E-state index in [1.807, 2.05) is 0 Å². The summed E-state index contributed by atoms with van der Waals surface area (Å²) in [6.07, 6.45) is 1.73. The normalized spacial score (nSPS) is 13.7. The summed E-state index contributed by atoms with van der Waals surface area (Å²) in [5.74, 6) is 0. The monoisotopic (exact) mass is 236 g/mol. The molecule has 0 heterocycles. The lowest BCUT2D eigenvalue weighted by Crippen LogP contribution is -2.11. The Labute approximate surface area is 105 Å². The highest BCUT2D eigenvalue weighted by atomic mass is 16.5. The average molecular weight is 236 g/mol. The number of aliphatic hydroxyl groups excluding tert-OH is 1. The zero-order chi connectivity index (χ0) is 12.9. The molecule has 0 aliphatic rings. The van der Waals surface area contributed by atoms with E-state index in [-0.39, 0.29) is 18.1 Å². The minimum atomic E-state index is 0.0937. The van der Waals surface area contributed by atoms with Crippen LogP contribution in [0.15, 0.2) is 24.3 Å². The molecule has 96 valence electrons. The number of rotatable bonds is 5. The number of ether oxygens (including phenoxy) is 1. The first-order chi connectivity index (χ1) is 7.99. The minimum Gasteiger partial charge on any atom is -0.396 e. The lowest BCUT2D eigenvalue weighted by Gasteiger charge is -2.21. The van der Waals surface area contributed by atoms with Gasteiger partial charge in [-0.25, -0.2) is 0 Å². The summed E-state index contributed by atoms with van der Waals surface area (Å²) < 4.78 is 5.45. The van der Waals surface area contributed by atoms with Gasteiger partial charge < -0.3 is 9.84 Å². The molecule has 0 aliphatic heterocycles. The maximum atomic E-state index is 8.85. The van der Waals surface area contributed by atoms with Crippen LogP contribution in [-0.2, 0) is 10.2 Å². The van der Waals surface area contributed by atoms with Crippen LogP contribution in [0.2, 0.25) is 0 Å². The predicted molar refractivity (Wildman–Crippen MR) is 71.2 cm³/mol. The van der Waals surface area contributed by atoms with Crippen molar-refractivity contribution in [3.05, 3.63) is 35.4 Å². The summed E-state index contributed by atoms with van der Waals surface area (Å²) in [7, 11) is 1.72. The zero-order valence-electron chi connectivity index (χ0n) is 11.4. The maximum Gasteiger partial charge on any atom is 0.0822 e. The van der Waals surface area contributed by atoms with Crippen molar-refractivity contribution in [3.63, 3.8) is 0 Å². The molecule has 0 aromatic heterocycles. The number of methoxy groups -OCH3 is 1. The van der Waals surface area contributed by atoms with E-state index in [1.54, 1.807) is 7.11 Å². The molecule has 2 nitrogen and oxygen atoms in total. The summed E-state index contributed by atoms with van der Waals surface area (Å²) in [4.78, 5) is 0. The van der Waals surface area contributed by atoms with Crippen molar-refractivity contribution in [1.29, 1.82) is 0 Å². The van der Waals surface area contributed by atoms with E-state index in [2.05, 4.69) is 45.0 Å². The SMILES string of the molecule is COC(CCCO)c1ccc(C(C)(C)C)cc1. The van der Waals surface area contributed by atoms with Crippen LogP contribution in [0.3, 0.4) is 0 Å². The predicted octanol–water partition coefficient (Wildman–Crippen LogP) is 3.44. The van der Waals surface area contributed by atoms with Crippen LogP contribution in [0.25, 0.3) is 0 Å². The van der Waals surface area contributed by atoms with Gasteiger partial charge in [-0.1, -0.05) is 45.0 Å². The highest BCUT2D eigenvalue weighted by Gasteiger charge is 2.15. The first-order valence-corrected chi connectivity index (χ1v) is 6.23. The molecule has 0 radical (unpaired) electrons. The van der Waals surface area contributed by atoms with Crippen LogP contribution in [0, 0.1) is 0 Å². The van der Waals surface area contributed by atoms with Crippen molar-refractivity contribution >= 4 is 0 Å². The van der Waals surface area contributed by atoms with Crippen molar-refractivity contribution in [2.75, 3.05) is 13.7 Å². The standard InChI is InChI=1S/C15H24O2/c1-15(2,3)13-9-7-12(8-10-13)14(17-4)6-5-11-16/h7-10,14,16H,5-6,11H2,1-4H3. The van der Waals surface area contributed by atoms with Gasteiger partial charge in [-0.15, -0.1) is 0 Å². The van der Waals surface area contributed by atoms with Crippen molar-refractivity contribution in [2.45, 2.75) is 45.1 Å². The topological polar surface area (TPSA) is 29.5 Å². The number of benzene rings is 1. The van der Waals surface area contributed by atoms with Gasteiger partial charge in [0.1, 0.15) is 0 Å². The van der Waals surface area contributed by atoms with Crippen LogP contribution in [-0.4, -0.2) is 18.8 Å². The summed E-state index contributed by atoms with van der Waals surface area (Å²) in [6.45, 7) is 6.85. The molecule has 0 saturated heterocycles. The molecule has 0 amide bonds. The van der Waals surface area contributed by atoms with Crippen molar-refractivity contribution < 1.29 is 9.84 Å². The Kier molecular flexibility index (Phi) is 5.16. The van der Waals surface area contributed by atoms with Gasteiger partial charge in [-0.2, -0.15) is 0 Å². The van der Waals surface area contributed by atoms with Crippen LogP contribution >= 0.6 is 0 Å². The number of hydrogen-bond acceptors (Lipinski definition) is 2. The van der Waals surface area contributed by atoms with E-state index in [1.165, 1.54) is 11.1 Å². The molecule has 1 atom stereocenters. The average Bonchev–Trinajstić information content (AvgIpc) is 2.29. The smallest absolute Gasteiger partial charge is 0.0822 e. The number of hydrogen-bond donors (Lipinski definition) is 1. The molecule has 0 spiro atoms. The van der Waals surface area contributed by atoms with Gasteiger partial charge in [0.05, 0.1) is 6.10 Å². The van der Waals surface area contributed by atoms with Gasteiger partial charge in [0.2, 0.25) is 0 Å². The third-order valence-electron chi connectivity index (χ3n) is 3.06. The Morgan fingerprint density at radius 3 is 2.18 bits per heavy atom. The molecule has 1 rings (SSSR count). The van der Waals surface area contributed by atoms with Crippen LogP contribution in [0.1, 0.15) is 50.8 Å². The molecule has 0 fully saturated rings. The van der Waals surface area contributed by atoms with Crippen LogP contribution in [0.5, 0.6) is 0 Å². The van der Waals surface area contributed by atoms with Crippen molar-refractivity contribution in [2.24, 2.45) is 0 Å². The maximum absolute atomic E-state index is 8.85. The molecule has 0 saturated carbocycles. The van der Waals surface area contributed by atoms with Crippen molar-refractivity contribution in [1.82, 2.24) is 0 Å². The Balaban J connectivity index is 2.78. The molecule has 1 unspecified atom stereocenters. The van der Waals surface area contributed by atoms with Gasteiger partial charge in [0, 0.05) is 13.7 Å². The van der Waals surface area contributed by atoms with E-state index in [9.17, 15) is 0 Å². The second-order valence-electron chi connectivity index (χ2n) is 5.46. The fourth-order valence-corrected chi connectivity index (χ4v) is 1.90. The Bertz CT molecular complexity index is 322. The van der Waals surface area contributed by atoms with E-state index >= 15 is 0 Å². The van der Waals surface area contributed by atoms with Gasteiger partial charge >= 0.3 is 0 Å². The summed E-state index contributed by atoms with van der Waals surface area (Å²) in [5.41, 5.74) is 2.71. The van der Waals surface area contributed by atoms with E-state index < -0.39 is 0 Å². The van der Waals surface area contributed by atoms with Crippen LogP contribution in [0.4, 0.5) is 0 Å². The Morgan fingerprint density at radius 1 is 1.18 bits per heavy atom. The lowest BCUT2D eigenvalue weighted by molar-refractivity contribution is 0.0881. The minimum absolute atomic E-state index is 0.0937. The fraction of sp³-hybridized carbons (Fsp3) is 0.600. The van der Waals surface area contributed by atoms with Gasteiger partial charge in [0.15, 0.2) is 0 Å². The first kappa shape index (κ1) is 14.2. The highest BCUT2D eigenvalue weighted by molar-refractivity contribution is 5.28. The second-order valence-corrected chi connectivity index (χ2v) is 5.46. The molecule has 0 bridgehead atoms. The quantitative estimate of drug-likeness (QED) is 0.848. The summed E-state index contributed by atoms with van der Waals surface area (Å²) in [5, 5.41) is 8.85. The van der Waals surface area contributed by atoms with Gasteiger partial charge in [0.25, 0.3) is 0 Å². The van der Waals surface area contributed by atoms with E-state index in [4.69, 9.17) is 9.84 Å². The summed E-state index contributed by atoms with van der Waals surface area (Å²) in [6, 6.07) is 8.60. The lowest BCUT2D eigenvalue weighted by atomic mass is 9.86. The Hall–Kier alpha value is -0.860. The van der Waals surface area contributed by atoms with Gasteiger partial charge in [-0.3, -0.25) is 0 Å². The molecular formula is C15H24O2. The number of aliphatic hydroxyl groups is 1. The van der Waals surface area contributed by atoms with Gasteiger partial charge in [-0.05, 0) is 29.4 Å². The first-order valence-electron chi connectivity index (χ1n) is 6.23. The van der Waals surface area contributed by atoms with Crippen LogP contribution < -0.4 is 0 Å². The highest BCUT2D eigenvalue weighted by Crippen LogP contribution is 2.26. The third-order valence-corrected chi connectivity index (χ3v) is 3.06. The zero-order valence-corrected chi connectivity index (χ0v) is 11.4. The summed E-state index contributed by atoms with van der Waals surface area (Å²) >= 11 is 0. The molecule has 0 aliphatic carbocycles. The largest absolute Gasteiger partial charge is 0.396 e. The van der Waals surface area contributed by atoms with E-state index in [0.29, 0.717) is 0 Å². The molecule has 1 aromatic carbocycles. The second kappa shape index (κ2) is 6.18. The fourth-order valence-electron chi connectivity index (χ4n) is 1.90.